The van der Waals surface area contributed by atoms with Gasteiger partial charge < -0.3 is 30.3 Å². The van der Waals surface area contributed by atoms with Gasteiger partial charge in [-0.25, -0.2) is 0 Å². The summed E-state index contributed by atoms with van der Waals surface area (Å²) in [7, 11) is -1.10. The van der Waals surface area contributed by atoms with Crippen molar-refractivity contribution in [2.75, 3.05) is 18.2 Å². The van der Waals surface area contributed by atoms with Crippen LogP contribution in [0.2, 0.25) is 0 Å². The van der Waals surface area contributed by atoms with E-state index in [1.807, 2.05) is 67.7 Å². The first-order valence-corrected chi connectivity index (χ1v) is 38.1. The van der Waals surface area contributed by atoms with Crippen LogP contribution in [-0.2, 0) is 103 Å². The molecular formula is C87H71Au4NP4+4. The van der Waals surface area contributed by atoms with E-state index in [9.17, 15) is 0 Å². The third kappa shape index (κ3) is 20.0. The van der Waals surface area contributed by atoms with Crippen LogP contribution in [0.15, 0.2) is 315 Å². The van der Waals surface area contributed by atoms with Crippen LogP contribution in [0.1, 0.15) is 46.2 Å². The number of unbranched alkanes of at least 4 members (excludes halogenated alkanes) is 1. The summed E-state index contributed by atoms with van der Waals surface area (Å²) in [6.45, 7) is 0. The number of aryl methyl sites for hydroxylation is 1. The van der Waals surface area contributed by atoms with E-state index in [1.54, 1.807) is 0 Å². The molecule has 484 valence electrons. The van der Waals surface area contributed by atoms with Gasteiger partial charge in [0.1, 0.15) is 37.1 Å². The molecule has 0 saturated heterocycles. The molecule has 0 saturated carbocycles. The molecule has 0 amide bonds. The van der Waals surface area contributed by atoms with Gasteiger partial charge in [0.2, 0.25) is 0 Å². The fourth-order valence-corrected chi connectivity index (χ4v) is 25.4. The Labute approximate surface area is 637 Å². The Morgan fingerprint density at radius 2 is 0.521 bits per heavy atom. The SMILES string of the molecule is [Au+].[Au+].[Au+].[Au+].[C-]#Cc1ccc2c(c1)-c1cc(C#[C-])ccc1C2.[C-]#Cc1ccc2c(c1)c1cc(C#[C-])ccc1n2C.c1ccc([PH+](CCCC[PH+](c2ccccc2)c2ccccc2)c2ccccc2)cc1.c1ccc([PH+](C[PH+](c2ccccc2)c2ccccc2)c2ccccc2)cc1. The molecule has 0 aliphatic heterocycles. The number of nitrogens with zero attached hydrogens (tertiary/aromatic N) is 1. The van der Waals surface area contributed by atoms with Gasteiger partial charge in [0.05, 0.1) is 49.4 Å². The van der Waals surface area contributed by atoms with Gasteiger partial charge in [0, 0.05) is 18.1 Å². The molecule has 0 atom stereocenters. The minimum Gasteiger partial charge on any atom is -0.366 e. The molecule has 13 aromatic rings. The summed E-state index contributed by atoms with van der Waals surface area (Å²) >= 11 is 0. The van der Waals surface area contributed by atoms with Gasteiger partial charge in [-0.05, 0) is 149 Å². The average molecular weight is 2040 g/mol. The Kier molecular flexibility index (Phi) is 31.7. The Morgan fingerprint density at radius 1 is 0.292 bits per heavy atom. The number of fused-ring (bicyclic) bond motifs is 6. The first kappa shape index (κ1) is 76.7. The number of aromatic nitrogens is 1. The van der Waals surface area contributed by atoms with E-state index in [4.69, 9.17) is 25.7 Å². The van der Waals surface area contributed by atoms with E-state index >= 15 is 0 Å². The Hall–Kier alpha value is -6.64. The monoisotopic (exact) mass is 2040 g/mol. The molecule has 96 heavy (non-hydrogen) atoms. The van der Waals surface area contributed by atoms with Gasteiger partial charge in [-0.2, -0.15) is 0 Å². The van der Waals surface area contributed by atoms with Crippen molar-refractivity contribution in [2.45, 2.75) is 19.3 Å². The van der Waals surface area contributed by atoms with Crippen LogP contribution in [-0.4, -0.2) is 22.8 Å². The molecule has 0 unspecified atom stereocenters. The van der Waals surface area contributed by atoms with Crippen molar-refractivity contribution in [3.05, 3.63) is 375 Å². The summed E-state index contributed by atoms with van der Waals surface area (Å²) in [5.74, 6) is 10.9. The predicted molar refractivity (Wildman–Crippen MR) is 406 cm³/mol. The summed E-state index contributed by atoms with van der Waals surface area (Å²) in [5, 5.41) is 14.3. The molecule has 14 rings (SSSR count). The maximum atomic E-state index is 7.21. The van der Waals surface area contributed by atoms with E-state index in [2.05, 4.69) is 283 Å². The fourth-order valence-electron chi connectivity index (χ4n) is 12.2. The van der Waals surface area contributed by atoms with Crippen molar-refractivity contribution < 1.29 is 89.5 Å². The maximum absolute atomic E-state index is 7.21. The van der Waals surface area contributed by atoms with Crippen molar-refractivity contribution in [1.29, 1.82) is 0 Å². The minimum atomic E-state index is -0.847. The molecule has 1 heterocycles. The minimum absolute atomic E-state index is 0. The molecule has 0 fully saturated rings. The van der Waals surface area contributed by atoms with Crippen molar-refractivity contribution in [3.63, 3.8) is 0 Å². The standard InChI is InChI=1S/C28H28P2.C25H22P2.C17H9N.C17H8.4Au/c1-5-15-25(16-6-1)29(26-17-7-2-8-18-26)23-13-14-24-30(27-19-9-3-10-20-27)28-21-11-4-12-22-28;1-5-13-22(14-6-1)26(23-15-7-2-8-16-23)21-27(24-17-9-3-10-18-24)25-19-11-4-12-20-25;1-4-12-6-8-16-14(10-12)15-11-13(5-2)7-9-17(15)18(16)3;1-3-12-5-7-14-11-15-8-6-13(4-2)10-17(15)16(14)9-12;;;;/h1-12,15-22H,13-14,23-24H2;1-20H,21H2;6-11H,3H3;5-10H,11H2;;;;/q;;2*-2;4*+1/p+4. The second-order valence-electron chi connectivity index (χ2n) is 22.7. The van der Waals surface area contributed by atoms with Gasteiger partial charge in [-0.15, -0.1) is 70.8 Å². The third-order valence-corrected chi connectivity index (χ3v) is 29.7. The van der Waals surface area contributed by atoms with Crippen molar-refractivity contribution in [2.24, 2.45) is 7.05 Å². The van der Waals surface area contributed by atoms with Gasteiger partial charge in [0.15, 0.2) is 5.90 Å². The summed E-state index contributed by atoms with van der Waals surface area (Å²) in [6.07, 6.45) is 34.9. The smallest absolute Gasteiger partial charge is 0.366 e. The van der Waals surface area contributed by atoms with Crippen molar-refractivity contribution >= 4 is 95.9 Å². The summed E-state index contributed by atoms with van der Waals surface area (Å²) < 4.78 is 2.12. The number of benzene rings is 12. The van der Waals surface area contributed by atoms with Gasteiger partial charge in [-0.3, -0.25) is 23.7 Å². The van der Waals surface area contributed by atoms with E-state index in [0.29, 0.717) is 0 Å². The van der Waals surface area contributed by atoms with Crippen molar-refractivity contribution in [3.8, 4) is 34.8 Å². The van der Waals surface area contributed by atoms with Crippen LogP contribution in [0, 0.1) is 49.4 Å². The van der Waals surface area contributed by atoms with E-state index < -0.39 is 31.7 Å². The van der Waals surface area contributed by atoms with Crippen LogP contribution in [0.4, 0.5) is 0 Å². The van der Waals surface area contributed by atoms with E-state index in [-0.39, 0.29) is 89.5 Å². The fraction of sp³-hybridized carbons (Fsp3) is 0.0805. The van der Waals surface area contributed by atoms with Crippen LogP contribution >= 0.6 is 31.7 Å². The molecule has 12 aromatic carbocycles. The summed E-state index contributed by atoms with van der Waals surface area (Å²) in [5.41, 5.74) is 10.2. The average Bonchev–Trinajstić information content (AvgIpc) is 1.63. The molecule has 1 nitrogen and oxygen atoms in total. The van der Waals surface area contributed by atoms with Crippen molar-refractivity contribution in [1.82, 2.24) is 4.57 Å². The normalized spacial score (nSPS) is 10.5. The largest absolute Gasteiger partial charge is 1.00 e. The molecule has 0 radical (unpaired) electrons. The maximum Gasteiger partial charge on any atom is 1.00 e. The molecule has 9 heteroatoms. The first-order chi connectivity index (χ1) is 45.4. The molecular weight excluding hydrogens is 1970 g/mol. The molecule has 1 aromatic heterocycles. The second-order valence-corrected chi connectivity index (χ2v) is 33.5. The Balaban J connectivity index is 0.000000183. The van der Waals surface area contributed by atoms with E-state index in [1.165, 1.54) is 84.6 Å². The molecule has 0 N–H and O–H groups in total. The molecule has 0 bridgehead atoms. The first-order valence-electron chi connectivity index (χ1n) is 31.3. The Morgan fingerprint density at radius 3 is 0.771 bits per heavy atom. The summed E-state index contributed by atoms with van der Waals surface area (Å²) in [6, 6.07) is 113. The van der Waals surface area contributed by atoms with Crippen LogP contribution in [0.3, 0.4) is 0 Å². The quantitative estimate of drug-likeness (QED) is 0.0317. The summed E-state index contributed by atoms with van der Waals surface area (Å²) in [4.78, 5) is 0. The zero-order chi connectivity index (χ0) is 63.3. The zero-order valence-corrected chi connectivity index (χ0v) is 65.6. The van der Waals surface area contributed by atoms with Crippen LogP contribution in [0.25, 0.3) is 32.9 Å². The predicted octanol–water partition coefficient (Wildman–Crippen LogP) is 16.5. The molecule has 0 spiro atoms. The third-order valence-electron chi connectivity index (χ3n) is 16.9. The number of rotatable bonds is 15. The van der Waals surface area contributed by atoms with Crippen LogP contribution < -0.4 is 42.4 Å². The van der Waals surface area contributed by atoms with Gasteiger partial charge in [-0.1, -0.05) is 170 Å². The second kappa shape index (κ2) is 39.7. The molecule has 1 aliphatic carbocycles. The zero-order valence-electron chi connectivity index (χ0n) is 52.9. The van der Waals surface area contributed by atoms with Gasteiger partial charge in [0.25, 0.3) is 0 Å². The number of hydrogen-bond acceptors (Lipinski definition) is 0. The van der Waals surface area contributed by atoms with E-state index in [0.717, 1.165) is 61.6 Å². The topological polar surface area (TPSA) is 4.93 Å². The van der Waals surface area contributed by atoms with Crippen LogP contribution in [0.5, 0.6) is 0 Å². The Bertz CT molecular complexity index is 4250. The van der Waals surface area contributed by atoms with Gasteiger partial charge >= 0.3 is 89.5 Å². The molecule has 1 aliphatic rings. The number of hydrogen-bond donors (Lipinski definition) is 0.